The average molecular weight is 988 g/mol. The molecule has 2 aromatic carbocycles. The van der Waals surface area contributed by atoms with Crippen molar-refractivity contribution in [3.8, 4) is 0 Å². The van der Waals surface area contributed by atoms with Gasteiger partial charge in [-0.15, -0.1) is 0 Å². The summed E-state index contributed by atoms with van der Waals surface area (Å²) in [5, 5.41) is 14.0. The third-order valence-electron chi connectivity index (χ3n) is 13.5. The molecule has 0 amide bonds. The number of aryl methyl sites for hydroxylation is 1. The number of pyridine rings is 1. The second kappa shape index (κ2) is 19.5. The van der Waals surface area contributed by atoms with Crippen LogP contribution in [-0.4, -0.2) is 136 Å². The van der Waals surface area contributed by atoms with Gasteiger partial charge in [-0.2, -0.15) is 0 Å². The molecule has 12 atom stereocenters. The largest absolute Gasteiger partial charge is 0.465 e. The zero-order valence-corrected chi connectivity index (χ0v) is 40.0. The van der Waals surface area contributed by atoms with E-state index in [-0.39, 0.29) is 28.8 Å². The molecular weight excluding hydrogens is 935 g/mol. The summed E-state index contributed by atoms with van der Waals surface area (Å²) < 4.78 is 62.2. The molecular formula is C50H53NO20. The minimum atomic E-state index is -3.07. The minimum absolute atomic E-state index is 0.0626. The number of carbonyl (C=O) groups is 9. The molecule has 1 aromatic heterocycles. The first kappa shape index (κ1) is 51.6. The lowest BCUT2D eigenvalue weighted by Crippen LogP contribution is -2.89. The molecule has 21 heteroatoms. The standard InChI is InChI=1S/C50H53NO20/c1-26(52)62-25-49-40(66-29(4)55)36(64-27(2)53)35-38(67-42(57)31-16-11-9-12-17-31)50(49)48(8,61)39(37(65-28(3)54)41(49)68-43(58)32-18-13-10-14-19-32)69-45(60)46(6,70-30(5)56)22-21-34-33(20-15-23-51-34)44(59)63-24-47(35,7)71-50/h9-20,23,35-41,61H,21-22,24-25H2,1-8H3/t35-,36-,37-,38-,39+,40-,41+,46+,47-,48+,49-,50+/m0/s1. The fourth-order valence-corrected chi connectivity index (χ4v) is 10.7. The van der Waals surface area contributed by atoms with Gasteiger partial charge in [0.15, 0.2) is 30.0 Å². The molecule has 2 aliphatic carbocycles. The first-order chi connectivity index (χ1) is 33.4. The lowest BCUT2D eigenvalue weighted by Gasteiger charge is -2.67. The van der Waals surface area contributed by atoms with Crippen molar-refractivity contribution < 1.29 is 95.6 Å². The number of fused-ring (bicyclic) bond motifs is 5. The van der Waals surface area contributed by atoms with Crippen LogP contribution in [0.5, 0.6) is 0 Å². The van der Waals surface area contributed by atoms with Crippen molar-refractivity contribution in [2.24, 2.45) is 11.3 Å². The second-order valence-corrected chi connectivity index (χ2v) is 18.4. The highest BCUT2D eigenvalue weighted by Crippen LogP contribution is 2.70. The molecule has 378 valence electrons. The number of aromatic nitrogens is 1. The van der Waals surface area contributed by atoms with Crippen LogP contribution in [0.4, 0.5) is 0 Å². The van der Waals surface area contributed by atoms with Crippen LogP contribution in [0.2, 0.25) is 0 Å². The summed E-state index contributed by atoms with van der Waals surface area (Å²) in [5.74, 6) is -11.8. The summed E-state index contributed by atoms with van der Waals surface area (Å²) in [7, 11) is 0. The van der Waals surface area contributed by atoms with Crippen molar-refractivity contribution in [3.63, 3.8) is 0 Å². The van der Waals surface area contributed by atoms with Crippen molar-refractivity contribution in [2.75, 3.05) is 13.2 Å². The van der Waals surface area contributed by atoms with Crippen molar-refractivity contribution in [1.29, 1.82) is 0 Å². The first-order valence-corrected chi connectivity index (χ1v) is 22.5. The van der Waals surface area contributed by atoms with E-state index in [2.05, 4.69) is 4.98 Å². The van der Waals surface area contributed by atoms with Crippen LogP contribution in [0.1, 0.15) is 98.6 Å². The number of rotatable bonds is 10. The van der Waals surface area contributed by atoms with E-state index >= 15 is 4.79 Å². The van der Waals surface area contributed by atoms with E-state index in [1.807, 2.05) is 0 Å². The van der Waals surface area contributed by atoms with E-state index < -0.39 is 144 Å². The summed E-state index contributed by atoms with van der Waals surface area (Å²) in [5.41, 5.74) is -13.7. The molecule has 21 nitrogen and oxygen atoms in total. The molecule has 4 bridgehead atoms. The fraction of sp³-hybridized carbons (Fsp3) is 0.480. The monoisotopic (exact) mass is 987 g/mol. The van der Waals surface area contributed by atoms with Gasteiger partial charge in [0, 0.05) is 47.2 Å². The van der Waals surface area contributed by atoms with Crippen LogP contribution < -0.4 is 0 Å². The highest BCUT2D eigenvalue weighted by molar-refractivity contribution is 5.91. The maximum absolute atomic E-state index is 15.1. The highest BCUT2D eigenvalue weighted by atomic mass is 16.7. The van der Waals surface area contributed by atoms with Crippen LogP contribution in [-0.2, 0) is 82.6 Å². The molecule has 4 aliphatic rings. The van der Waals surface area contributed by atoms with Gasteiger partial charge in [-0.25, -0.2) is 19.2 Å². The summed E-state index contributed by atoms with van der Waals surface area (Å²) in [6.07, 6.45) is -12.5. The Kier molecular flexibility index (Phi) is 14.2. The Morgan fingerprint density at radius 3 is 1.77 bits per heavy atom. The summed E-state index contributed by atoms with van der Waals surface area (Å²) in [6, 6.07) is 17.5. The van der Waals surface area contributed by atoms with E-state index in [4.69, 9.17) is 47.4 Å². The zero-order chi connectivity index (χ0) is 51.8. The van der Waals surface area contributed by atoms with Gasteiger partial charge < -0.3 is 52.5 Å². The topological polar surface area (TPSA) is 279 Å². The summed E-state index contributed by atoms with van der Waals surface area (Å²) >= 11 is 0. The number of cyclic esters (lactones) is 1. The van der Waals surface area contributed by atoms with Gasteiger partial charge in [0.1, 0.15) is 42.0 Å². The maximum Gasteiger partial charge on any atom is 0.350 e. The number of ether oxygens (including phenoxy) is 10. The molecule has 3 aromatic rings. The Labute approximate surface area is 406 Å². The van der Waals surface area contributed by atoms with Crippen molar-refractivity contribution in [2.45, 2.75) is 127 Å². The van der Waals surface area contributed by atoms with Crippen LogP contribution in [0.25, 0.3) is 0 Å². The van der Waals surface area contributed by atoms with Crippen LogP contribution in [0.3, 0.4) is 0 Å². The summed E-state index contributed by atoms with van der Waals surface area (Å²) in [4.78, 5) is 130. The Hall–Kier alpha value is -7.26. The Morgan fingerprint density at radius 1 is 0.676 bits per heavy atom. The van der Waals surface area contributed by atoms with Gasteiger partial charge in [0.05, 0.1) is 28.3 Å². The second-order valence-electron chi connectivity index (χ2n) is 18.4. The van der Waals surface area contributed by atoms with Gasteiger partial charge >= 0.3 is 53.7 Å². The number of aliphatic hydroxyl groups is 1. The number of hydrogen-bond donors (Lipinski definition) is 1. The Balaban J connectivity index is 1.66. The molecule has 2 saturated carbocycles. The van der Waals surface area contributed by atoms with Crippen LogP contribution in [0.15, 0.2) is 79.0 Å². The van der Waals surface area contributed by atoms with Gasteiger partial charge in [-0.1, -0.05) is 36.4 Å². The smallest absolute Gasteiger partial charge is 0.350 e. The van der Waals surface area contributed by atoms with E-state index in [1.165, 1.54) is 80.7 Å². The van der Waals surface area contributed by atoms with Gasteiger partial charge in [-0.05, 0) is 63.6 Å². The summed E-state index contributed by atoms with van der Waals surface area (Å²) in [6.45, 7) is 6.38. The van der Waals surface area contributed by atoms with Gasteiger partial charge in [-0.3, -0.25) is 29.0 Å². The maximum atomic E-state index is 15.1. The SMILES string of the molecule is CC(=O)OC[C@]12[C@H](OC(=O)c3ccccc3)[C@@H](OC(C)=O)[C@H]3OC(=O)[C@](C)(OC(C)=O)CCc4ncccc4C(=O)OC[C@]4(C)O[C@]1([C@@H](OC(=O)c1ccccc1)[C@@H]4[C@H](OC(C)=O)[C@@H]2OC(C)=O)[C@]3(C)O. The van der Waals surface area contributed by atoms with Gasteiger partial charge in [0.2, 0.25) is 5.60 Å². The van der Waals surface area contributed by atoms with E-state index in [9.17, 15) is 43.5 Å². The Morgan fingerprint density at radius 2 is 1.23 bits per heavy atom. The molecule has 1 saturated heterocycles. The number of benzene rings is 2. The number of nitrogens with zero attached hydrogens (tertiary/aromatic N) is 1. The molecule has 1 N–H and O–H groups in total. The molecule has 71 heavy (non-hydrogen) atoms. The van der Waals surface area contributed by atoms with E-state index in [0.29, 0.717) is 0 Å². The van der Waals surface area contributed by atoms with Crippen LogP contribution >= 0.6 is 0 Å². The van der Waals surface area contributed by atoms with Crippen molar-refractivity contribution in [1.82, 2.24) is 4.98 Å². The average Bonchev–Trinajstić information content (AvgIpc) is 3.53. The van der Waals surface area contributed by atoms with Crippen LogP contribution in [0, 0.1) is 11.3 Å². The first-order valence-electron chi connectivity index (χ1n) is 22.5. The van der Waals surface area contributed by atoms with Gasteiger partial charge in [0.25, 0.3) is 0 Å². The molecule has 7 rings (SSSR count). The quantitative estimate of drug-likeness (QED) is 0.226. The number of hydrogen-bond acceptors (Lipinski definition) is 21. The highest BCUT2D eigenvalue weighted by Gasteiger charge is 2.92. The Bertz CT molecular complexity index is 2620. The molecule has 0 radical (unpaired) electrons. The van der Waals surface area contributed by atoms with Crippen molar-refractivity contribution in [3.05, 3.63) is 101 Å². The minimum Gasteiger partial charge on any atom is -0.465 e. The molecule has 3 fully saturated rings. The molecule has 1 spiro atoms. The molecule has 2 aliphatic heterocycles. The third-order valence-corrected chi connectivity index (χ3v) is 13.5. The molecule has 3 heterocycles. The zero-order valence-electron chi connectivity index (χ0n) is 40.0. The van der Waals surface area contributed by atoms with E-state index in [0.717, 1.165) is 41.5 Å². The predicted octanol–water partition coefficient (Wildman–Crippen LogP) is 3.14. The number of carbonyl (C=O) groups excluding carboxylic acids is 9. The molecule has 0 unspecified atom stereocenters. The van der Waals surface area contributed by atoms with Crippen molar-refractivity contribution >= 4 is 53.7 Å². The normalized spacial score (nSPS) is 32.9. The predicted molar refractivity (Wildman–Crippen MR) is 236 cm³/mol. The fourth-order valence-electron chi connectivity index (χ4n) is 10.7. The lowest BCUT2D eigenvalue weighted by atomic mass is 9.45. The number of esters is 9. The third kappa shape index (κ3) is 9.19. The van der Waals surface area contributed by atoms with E-state index in [1.54, 1.807) is 12.1 Å². The lowest BCUT2D eigenvalue weighted by molar-refractivity contribution is -0.385.